The summed E-state index contributed by atoms with van der Waals surface area (Å²) in [6.07, 6.45) is 3.30. The Hall–Kier alpha value is -1.06. The molecule has 1 heterocycles. The van der Waals surface area contributed by atoms with Crippen molar-refractivity contribution in [2.45, 2.75) is 59.0 Å². The number of amides is 2. The van der Waals surface area contributed by atoms with Crippen LogP contribution in [0.1, 0.15) is 47.0 Å². The summed E-state index contributed by atoms with van der Waals surface area (Å²) in [7, 11) is 0. The summed E-state index contributed by atoms with van der Waals surface area (Å²) < 4.78 is 0. The van der Waals surface area contributed by atoms with Crippen LogP contribution in [0.3, 0.4) is 0 Å². The zero-order valence-corrected chi connectivity index (χ0v) is 12.5. The van der Waals surface area contributed by atoms with Gasteiger partial charge in [-0.2, -0.15) is 0 Å². The Morgan fingerprint density at radius 3 is 2.37 bits per heavy atom. The molecule has 2 amide bonds. The number of nitrogens with zero attached hydrogens (tertiary/aromatic N) is 1. The SMILES string of the molecule is CCC(C)C1NC(=O)C(C(C)C)N(CC2CC2)C1=O. The van der Waals surface area contributed by atoms with Crippen molar-refractivity contribution in [3.8, 4) is 0 Å². The highest BCUT2D eigenvalue weighted by Gasteiger charge is 2.44. The quantitative estimate of drug-likeness (QED) is 0.825. The average molecular weight is 266 g/mol. The summed E-state index contributed by atoms with van der Waals surface area (Å²) in [6.45, 7) is 8.89. The Morgan fingerprint density at radius 2 is 1.89 bits per heavy atom. The Bertz CT molecular complexity index is 363. The molecule has 1 aliphatic carbocycles. The monoisotopic (exact) mass is 266 g/mol. The van der Waals surface area contributed by atoms with Crippen LogP contribution in [0, 0.1) is 17.8 Å². The highest BCUT2D eigenvalue weighted by Crippen LogP contribution is 2.32. The predicted octanol–water partition coefficient (Wildman–Crippen LogP) is 1.79. The maximum Gasteiger partial charge on any atom is 0.246 e. The first-order valence-corrected chi connectivity index (χ1v) is 7.56. The lowest BCUT2D eigenvalue weighted by atomic mass is 9.90. The molecule has 1 saturated carbocycles. The highest BCUT2D eigenvalue weighted by atomic mass is 16.2. The van der Waals surface area contributed by atoms with E-state index in [-0.39, 0.29) is 35.7 Å². The second-order valence-electron chi connectivity index (χ2n) is 6.49. The normalized spacial score (nSPS) is 29.6. The average Bonchev–Trinajstić information content (AvgIpc) is 3.15. The van der Waals surface area contributed by atoms with Gasteiger partial charge in [-0.15, -0.1) is 0 Å². The Kier molecular flexibility index (Phi) is 4.16. The Balaban J connectivity index is 2.19. The second kappa shape index (κ2) is 5.51. The van der Waals surface area contributed by atoms with Crippen molar-refractivity contribution in [1.29, 1.82) is 0 Å². The number of carbonyl (C=O) groups excluding carboxylic acids is 2. The topological polar surface area (TPSA) is 49.4 Å². The van der Waals surface area contributed by atoms with Gasteiger partial charge in [-0.25, -0.2) is 0 Å². The van der Waals surface area contributed by atoms with Crippen molar-refractivity contribution in [2.75, 3.05) is 6.54 Å². The van der Waals surface area contributed by atoms with Crippen LogP contribution in [0.15, 0.2) is 0 Å². The van der Waals surface area contributed by atoms with Gasteiger partial charge in [-0.05, 0) is 30.6 Å². The van der Waals surface area contributed by atoms with E-state index in [2.05, 4.69) is 12.2 Å². The van der Waals surface area contributed by atoms with Gasteiger partial charge >= 0.3 is 0 Å². The molecule has 19 heavy (non-hydrogen) atoms. The summed E-state index contributed by atoms with van der Waals surface area (Å²) in [6, 6.07) is -0.611. The van der Waals surface area contributed by atoms with Gasteiger partial charge in [0.25, 0.3) is 0 Å². The van der Waals surface area contributed by atoms with Crippen molar-refractivity contribution in [3.05, 3.63) is 0 Å². The van der Waals surface area contributed by atoms with Crippen LogP contribution in [-0.2, 0) is 9.59 Å². The first-order valence-electron chi connectivity index (χ1n) is 7.56. The molecular weight excluding hydrogens is 240 g/mol. The summed E-state index contributed by atoms with van der Waals surface area (Å²) in [4.78, 5) is 26.8. The third-order valence-electron chi connectivity index (χ3n) is 4.45. The smallest absolute Gasteiger partial charge is 0.246 e. The highest BCUT2D eigenvalue weighted by molar-refractivity contribution is 5.97. The molecule has 2 fully saturated rings. The van der Waals surface area contributed by atoms with E-state index in [0.717, 1.165) is 13.0 Å². The molecule has 4 nitrogen and oxygen atoms in total. The predicted molar refractivity (Wildman–Crippen MR) is 74.4 cm³/mol. The molecule has 3 atom stereocenters. The molecule has 1 aliphatic heterocycles. The van der Waals surface area contributed by atoms with Crippen LogP contribution in [-0.4, -0.2) is 35.3 Å². The van der Waals surface area contributed by atoms with Gasteiger partial charge in [0, 0.05) is 6.54 Å². The number of hydrogen-bond acceptors (Lipinski definition) is 2. The molecular formula is C15H26N2O2. The summed E-state index contributed by atoms with van der Waals surface area (Å²) >= 11 is 0. The second-order valence-corrected chi connectivity index (χ2v) is 6.49. The minimum absolute atomic E-state index is 0.0283. The number of rotatable bonds is 5. The maximum absolute atomic E-state index is 12.7. The Labute approximate surface area is 115 Å². The van der Waals surface area contributed by atoms with Gasteiger partial charge in [0.05, 0.1) is 0 Å². The van der Waals surface area contributed by atoms with Gasteiger partial charge in [0.15, 0.2) is 0 Å². The Morgan fingerprint density at radius 1 is 1.26 bits per heavy atom. The maximum atomic E-state index is 12.7. The van der Waals surface area contributed by atoms with Crippen LogP contribution < -0.4 is 5.32 Å². The first kappa shape index (κ1) is 14.4. The largest absolute Gasteiger partial charge is 0.342 e. The van der Waals surface area contributed by atoms with Gasteiger partial charge in [0.1, 0.15) is 12.1 Å². The van der Waals surface area contributed by atoms with Crippen molar-refractivity contribution < 1.29 is 9.59 Å². The van der Waals surface area contributed by atoms with E-state index in [1.165, 1.54) is 12.8 Å². The summed E-state index contributed by atoms with van der Waals surface area (Å²) in [5.41, 5.74) is 0. The number of nitrogens with one attached hydrogen (secondary N) is 1. The molecule has 2 rings (SSSR count). The van der Waals surface area contributed by atoms with E-state index in [4.69, 9.17) is 0 Å². The molecule has 0 aromatic rings. The standard InChI is InChI=1S/C15H26N2O2/c1-5-10(4)12-15(19)17(8-11-6-7-11)13(9(2)3)14(18)16-12/h9-13H,5-8H2,1-4H3,(H,16,18). The van der Waals surface area contributed by atoms with Gasteiger partial charge in [-0.3, -0.25) is 9.59 Å². The van der Waals surface area contributed by atoms with E-state index < -0.39 is 0 Å². The molecule has 0 radical (unpaired) electrons. The minimum atomic E-state index is -0.328. The van der Waals surface area contributed by atoms with E-state index in [1.807, 2.05) is 25.7 Å². The fraction of sp³-hybridized carbons (Fsp3) is 0.867. The number of carbonyl (C=O) groups is 2. The third-order valence-corrected chi connectivity index (χ3v) is 4.45. The minimum Gasteiger partial charge on any atom is -0.342 e. The van der Waals surface area contributed by atoms with E-state index in [0.29, 0.717) is 5.92 Å². The van der Waals surface area contributed by atoms with Crippen LogP contribution in [0.2, 0.25) is 0 Å². The number of hydrogen-bond donors (Lipinski definition) is 1. The first-order chi connectivity index (χ1) is 8.95. The van der Waals surface area contributed by atoms with Gasteiger partial charge < -0.3 is 10.2 Å². The zero-order valence-electron chi connectivity index (χ0n) is 12.5. The number of piperazine rings is 1. The molecule has 2 aliphatic rings. The molecule has 0 spiro atoms. The molecule has 4 heteroatoms. The van der Waals surface area contributed by atoms with E-state index >= 15 is 0 Å². The van der Waals surface area contributed by atoms with E-state index in [9.17, 15) is 9.59 Å². The van der Waals surface area contributed by atoms with Gasteiger partial charge in [0.2, 0.25) is 11.8 Å². The molecule has 0 aromatic carbocycles. The molecule has 108 valence electrons. The van der Waals surface area contributed by atoms with Crippen molar-refractivity contribution >= 4 is 11.8 Å². The molecule has 1 N–H and O–H groups in total. The van der Waals surface area contributed by atoms with Gasteiger partial charge in [-0.1, -0.05) is 34.1 Å². The molecule has 1 saturated heterocycles. The lowest BCUT2D eigenvalue weighted by molar-refractivity contribution is -0.153. The summed E-state index contributed by atoms with van der Waals surface area (Å²) in [5, 5.41) is 2.94. The molecule has 0 bridgehead atoms. The summed E-state index contributed by atoms with van der Waals surface area (Å²) in [5.74, 6) is 1.14. The molecule has 0 aromatic heterocycles. The van der Waals surface area contributed by atoms with Crippen molar-refractivity contribution in [2.24, 2.45) is 17.8 Å². The van der Waals surface area contributed by atoms with Crippen molar-refractivity contribution in [1.82, 2.24) is 10.2 Å². The molecule has 3 unspecified atom stereocenters. The van der Waals surface area contributed by atoms with Crippen LogP contribution in [0.4, 0.5) is 0 Å². The lowest BCUT2D eigenvalue weighted by Gasteiger charge is -2.42. The zero-order chi connectivity index (χ0) is 14.2. The fourth-order valence-corrected chi connectivity index (χ4v) is 2.82. The van der Waals surface area contributed by atoms with E-state index in [1.54, 1.807) is 0 Å². The van der Waals surface area contributed by atoms with Crippen LogP contribution in [0.25, 0.3) is 0 Å². The van der Waals surface area contributed by atoms with Crippen LogP contribution in [0.5, 0.6) is 0 Å². The lowest BCUT2D eigenvalue weighted by Crippen LogP contribution is -2.66. The third kappa shape index (κ3) is 2.93. The fourth-order valence-electron chi connectivity index (χ4n) is 2.82. The van der Waals surface area contributed by atoms with Crippen LogP contribution >= 0.6 is 0 Å². The van der Waals surface area contributed by atoms with Crippen molar-refractivity contribution in [3.63, 3.8) is 0 Å².